The van der Waals surface area contributed by atoms with Crippen LogP contribution in [-0.2, 0) is 13.2 Å². The molecule has 1 atom stereocenters. The molecular weight excluding hydrogens is 288 g/mol. The third kappa shape index (κ3) is 3.32. The Morgan fingerprint density at radius 1 is 1.30 bits per heavy atom. The van der Waals surface area contributed by atoms with E-state index in [0.717, 1.165) is 28.3 Å². The summed E-state index contributed by atoms with van der Waals surface area (Å²) in [6, 6.07) is 13.9. The van der Waals surface area contributed by atoms with Crippen LogP contribution in [0.3, 0.4) is 0 Å². The van der Waals surface area contributed by atoms with Gasteiger partial charge in [0.05, 0.1) is 12.0 Å². The van der Waals surface area contributed by atoms with Gasteiger partial charge in [0, 0.05) is 12.7 Å². The summed E-state index contributed by atoms with van der Waals surface area (Å²) in [5.74, 6) is 1.46. The molecule has 0 amide bonds. The van der Waals surface area contributed by atoms with Crippen molar-refractivity contribution in [3.05, 3.63) is 54.0 Å². The van der Waals surface area contributed by atoms with E-state index in [0.29, 0.717) is 13.2 Å². The number of hydrogen-bond donors (Lipinski definition) is 0. The highest BCUT2D eigenvalue weighted by Crippen LogP contribution is 2.19. The highest BCUT2D eigenvalue weighted by molar-refractivity contribution is 5.72. The molecule has 0 bridgehead atoms. The minimum Gasteiger partial charge on any atom is -0.486 e. The summed E-state index contributed by atoms with van der Waals surface area (Å²) >= 11 is 0. The number of imidazole rings is 1. The van der Waals surface area contributed by atoms with E-state index < -0.39 is 0 Å². The van der Waals surface area contributed by atoms with Gasteiger partial charge in [0.25, 0.3) is 0 Å². The van der Waals surface area contributed by atoms with Crippen molar-refractivity contribution >= 4 is 11.2 Å². The molecule has 116 valence electrons. The molecule has 5 nitrogen and oxygen atoms in total. The van der Waals surface area contributed by atoms with Crippen molar-refractivity contribution in [3.8, 4) is 11.8 Å². The van der Waals surface area contributed by atoms with Gasteiger partial charge in [0.15, 0.2) is 5.65 Å². The van der Waals surface area contributed by atoms with Crippen LogP contribution in [-0.4, -0.2) is 14.5 Å². The lowest BCUT2D eigenvalue weighted by atomic mass is 10.2. The Morgan fingerprint density at radius 2 is 2.09 bits per heavy atom. The third-order valence-corrected chi connectivity index (χ3v) is 3.59. The van der Waals surface area contributed by atoms with Crippen LogP contribution in [0.15, 0.2) is 42.6 Å². The van der Waals surface area contributed by atoms with Crippen LogP contribution in [0.5, 0.6) is 5.75 Å². The second-order valence-corrected chi connectivity index (χ2v) is 5.63. The van der Waals surface area contributed by atoms with Crippen LogP contribution in [0, 0.1) is 24.2 Å². The minimum atomic E-state index is -0.119. The van der Waals surface area contributed by atoms with Gasteiger partial charge in [0.1, 0.15) is 23.7 Å². The fourth-order valence-electron chi connectivity index (χ4n) is 2.44. The lowest BCUT2D eigenvalue weighted by molar-refractivity contribution is 0.288. The molecule has 23 heavy (non-hydrogen) atoms. The van der Waals surface area contributed by atoms with Crippen molar-refractivity contribution in [1.82, 2.24) is 14.5 Å². The molecule has 1 aromatic carbocycles. The lowest BCUT2D eigenvalue weighted by Crippen LogP contribution is -2.12. The summed E-state index contributed by atoms with van der Waals surface area (Å²) in [5, 5.41) is 9.11. The van der Waals surface area contributed by atoms with Crippen molar-refractivity contribution in [2.45, 2.75) is 27.0 Å². The Morgan fingerprint density at radius 3 is 2.83 bits per heavy atom. The Hall–Kier alpha value is -2.87. The predicted octanol–water partition coefficient (Wildman–Crippen LogP) is 3.48. The maximum absolute atomic E-state index is 9.11. The van der Waals surface area contributed by atoms with Crippen LogP contribution in [0.25, 0.3) is 11.2 Å². The molecule has 0 aliphatic rings. The predicted molar refractivity (Wildman–Crippen MR) is 87.8 cm³/mol. The summed E-state index contributed by atoms with van der Waals surface area (Å²) < 4.78 is 7.79. The van der Waals surface area contributed by atoms with E-state index in [4.69, 9.17) is 10.00 Å². The first-order valence-corrected chi connectivity index (χ1v) is 7.56. The van der Waals surface area contributed by atoms with Crippen molar-refractivity contribution in [3.63, 3.8) is 0 Å². The average Bonchev–Trinajstić information content (AvgIpc) is 2.90. The monoisotopic (exact) mass is 306 g/mol. The van der Waals surface area contributed by atoms with E-state index in [9.17, 15) is 0 Å². The van der Waals surface area contributed by atoms with Gasteiger partial charge < -0.3 is 9.30 Å². The number of fused-ring (bicyclic) bond motifs is 1. The first-order chi connectivity index (χ1) is 11.2. The number of benzene rings is 1. The van der Waals surface area contributed by atoms with E-state index in [1.807, 2.05) is 61.0 Å². The Bertz CT molecular complexity index is 849. The molecule has 0 fully saturated rings. The molecule has 3 rings (SSSR count). The number of nitriles is 1. The largest absolute Gasteiger partial charge is 0.486 e. The molecule has 0 aliphatic heterocycles. The van der Waals surface area contributed by atoms with E-state index in [1.54, 1.807) is 0 Å². The normalized spacial score (nSPS) is 12.0. The maximum Gasteiger partial charge on any atom is 0.160 e. The van der Waals surface area contributed by atoms with Gasteiger partial charge in [-0.15, -0.1) is 0 Å². The molecule has 0 saturated carbocycles. The zero-order valence-corrected chi connectivity index (χ0v) is 13.2. The molecule has 0 radical (unpaired) electrons. The fourth-order valence-corrected chi connectivity index (χ4v) is 2.44. The average molecular weight is 306 g/mol. The fraction of sp³-hybridized carbons (Fsp3) is 0.278. The van der Waals surface area contributed by atoms with Crippen LogP contribution in [0.1, 0.15) is 18.3 Å². The zero-order valence-electron chi connectivity index (χ0n) is 13.2. The van der Waals surface area contributed by atoms with Crippen molar-refractivity contribution in [2.75, 3.05) is 0 Å². The van der Waals surface area contributed by atoms with Crippen molar-refractivity contribution < 1.29 is 4.74 Å². The summed E-state index contributed by atoms with van der Waals surface area (Å²) in [7, 11) is 0. The van der Waals surface area contributed by atoms with Crippen molar-refractivity contribution in [1.29, 1.82) is 5.26 Å². The number of ether oxygens (including phenoxy) is 1. The number of pyridine rings is 1. The highest BCUT2D eigenvalue weighted by atomic mass is 16.5. The molecule has 0 N–H and O–H groups in total. The molecule has 2 aromatic heterocycles. The van der Waals surface area contributed by atoms with Crippen LogP contribution in [0.4, 0.5) is 0 Å². The molecule has 2 heterocycles. The van der Waals surface area contributed by atoms with Gasteiger partial charge in [-0.3, -0.25) is 0 Å². The van der Waals surface area contributed by atoms with Gasteiger partial charge in [-0.25, -0.2) is 9.97 Å². The molecule has 0 spiro atoms. The van der Waals surface area contributed by atoms with Gasteiger partial charge in [-0.1, -0.05) is 18.2 Å². The number of rotatable bonds is 5. The highest BCUT2D eigenvalue weighted by Gasteiger charge is 2.15. The summed E-state index contributed by atoms with van der Waals surface area (Å²) in [4.78, 5) is 9.12. The number of aryl methyl sites for hydroxylation is 1. The number of aromatic nitrogens is 3. The Balaban J connectivity index is 1.94. The quantitative estimate of drug-likeness (QED) is 0.724. The van der Waals surface area contributed by atoms with Crippen LogP contribution >= 0.6 is 0 Å². The third-order valence-electron chi connectivity index (χ3n) is 3.59. The smallest absolute Gasteiger partial charge is 0.160 e. The number of nitrogens with zero attached hydrogens (tertiary/aromatic N) is 4. The van der Waals surface area contributed by atoms with Crippen molar-refractivity contribution in [2.24, 2.45) is 5.92 Å². The molecule has 0 aliphatic carbocycles. The second-order valence-electron chi connectivity index (χ2n) is 5.63. The number of hydrogen-bond acceptors (Lipinski definition) is 4. The van der Waals surface area contributed by atoms with Crippen LogP contribution < -0.4 is 4.74 Å². The lowest BCUT2D eigenvalue weighted by Gasteiger charge is -2.11. The van der Waals surface area contributed by atoms with E-state index in [-0.39, 0.29) is 5.92 Å². The number of para-hydroxylation sites is 1. The Kier molecular flexibility index (Phi) is 4.24. The maximum atomic E-state index is 9.11. The summed E-state index contributed by atoms with van der Waals surface area (Å²) in [5.41, 5.74) is 2.69. The van der Waals surface area contributed by atoms with Gasteiger partial charge in [-0.2, -0.15) is 5.26 Å². The van der Waals surface area contributed by atoms with Gasteiger partial charge in [-0.05, 0) is 37.6 Å². The topological polar surface area (TPSA) is 63.7 Å². The first-order valence-electron chi connectivity index (χ1n) is 7.56. The van der Waals surface area contributed by atoms with Gasteiger partial charge >= 0.3 is 0 Å². The van der Waals surface area contributed by atoms with E-state index in [2.05, 4.69) is 16.0 Å². The standard InChI is InChI=1S/C18H18N4O/c1-13-8-16-18(20-10-13)22(11-14(2)9-19)17(21-16)12-23-15-6-4-3-5-7-15/h3-8,10,14H,11-12H2,1-2H3. The summed E-state index contributed by atoms with van der Waals surface area (Å²) in [6.07, 6.45) is 1.82. The van der Waals surface area contributed by atoms with Crippen LogP contribution in [0.2, 0.25) is 0 Å². The van der Waals surface area contributed by atoms with E-state index >= 15 is 0 Å². The second kappa shape index (κ2) is 6.49. The van der Waals surface area contributed by atoms with E-state index in [1.165, 1.54) is 0 Å². The zero-order chi connectivity index (χ0) is 16.2. The molecule has 3 aromatic rings. The van der Waals surface area contributed by atoms with Gasteiger partial charge in [0.2, 0.25) is 0 Å². The minimum absolute atomic E-state index is 0.119. The molecule has 0 saturated heterocycles. The molecule has 5 heteroatoms. The molecule has 1 unspecified atom stereocenters. The SMILES string of the molecule is Cc1cnc2c(c1)nc(COc1ccccc1)n2CC(C)C#N. The Labute approximate surface area is 135 Å². The first kappa shape index (κ1) is 15.0. The molecular formula is C18H18N4O. The summed E-state index contributed by atoms with van der Waals surface area (Å²) in [6.45, 7) is 4.78.